The van der Waals surface area contributed by atoms with Crippen molar-refractivity contribution in [2.45, 2.75) is 13.5 Å². The van der Waals surface area contributed by atoms with Crippen LogP contribution in [0.3, 0.4) is 0 Å². The highest BCUT2D eigenvalue weighted by Crippen LogP contribution is 2.23. The van der Waals surface area contributed by atoms with Crippen LogP contribution in [0.25, 0.3) is 0 Å². The topological polar surface area (TPSA) is 119 Å². The Balaban J connectivity index is 1.94. The van der Waals surface area contributed by atoms with Crippen LogP contribution in [0.5, 0.6) is 0 Å². The Morgan fingerprint density at radius 3 is 2.81 bits per heavy atom. The largest absolute Gasteiger partial charge is 0.390 e. The van der Waals surface area contributed by atoms with E-state index in [9.17, 15) is 14.9 Å². The molecule has 0 saturated carbocycles. The summed E-state index contributed by atoms with van der Waals surface area (Å²) in [6.07, 6.45) is 0. The maximum atomic E-state index is 11.9. The fourth-order valence-electron chi connectivity index (χ4n) is 1.62. The van der Waals surface area contributed by atoms with Crippen molar-refractivity contribution in [3.8, 4) is 0 Å². The van der Waals surface area contributed by atoms with E-state index in [0.717, 1.165) is 0 Å². The highest BCUT2D eigenvalue weighted by molar-refractivity contribution is 9.13. The third-order valence-corrected chi connectivity index (χ3v) is 4.52. The molecule has 2 rings (SSSR count). The van der Waals surface area contributed by atoms with Crippen molar-refractivity contribution in [1.82, 2.24) is 25.3 Å². The van der Waals surface area contributed by atoms with E-state index in [4.69, 9.17) is 0 Å². The van der Waals surface area contributed by atoms with Crippen LogP contribution in [0, 0.1) is 17.0 Å². The number of H-pyrrole nitrogens is 1. The van der Waals surface area contributed by atoms with Gasteiger partial charge in [0.15, 0.2) is 5.69 Å². The highest BCUT2D eigenvalue weighted by Gasteiger charge is 2.17. The lowest BCUT2D eigenvalue weighted by Gasteiger charge is -2.03. The number of nitrogens with zero attached hydrogens (tertiary/aromatic N) is 4. The van der Waals surface area contributed by atoms with Gasteiger partial charge in [-0.25, -0.2) is 0 Å². The van der Waals surface area contributed by atoms with Crippen molar-refractivity contribution < 1.29 is 9.72 Å². The third-order valence-electron chi connectivity index (χ3n) is 2.65. The molecule has 0 aliphatic rings. The van der Waals surface area contributed by atoms with E-state index >= 15 is 0 Å². The number of carbonyl (C=O) groups excluding carboxylic acids is 1. The van der Waals surface area contributed by atoms with Gasteiger partial charge in [0, 0.05) is 6.54 Å². The average Bonchev–Trinajstić information content (AvgIpc) is 2.95. The second kappa shape index (κ2) is 6.35. The molecule has 0 radical (unpaired) electrons. The van der Waals surface area contributed by atoms with Gasteiger partial charge in [-0.1, -0.05) is 0 Å². The minimum Gasteiger partial charge on any atom is -0.358 e. The van der Waals surface area contributed by atoms with Gasteiger partial charge >= 0.3 is 5.82 Å². The summed E-state index contributed by atoms with van der Waals surface area (Å²) in [4.78, 5) is 21.9. The fourth-order valence-corrected chi connectivity index (χ4v) is 2.26. The van der Waals surface area contributed by atoms with E-state index in [0.29, 0.717) is 21.3 Å². The van der Waals surface area contributed by atoms with Gasteiger partial charge in [0.05, 0.1) is 27.9 Å². The van der Waals surface area contributed by atoms with E-state index in [1.54, 1.807) is 6.92 Å². The van der Waals surface area contributed by atoms with Crippen LogP contribution < -0.4 is 5.32 Å². The number of hydrogen-bond donors (Lipinski definition) is 2. The zero-order valence-electron chi connectivity index (χ0n) is 10.8. The molecule has 0 aromatic carbocycles. The Kier molecular flexibility index (Phi) is 4.73. The summed E-state index contributed by atoms with van der Waals surface area (Å²) in [5.41, 5.74) is 0.879. The van der Waals surface area contributed by atoms with Gasteiger partial charge in [-0.15, -0.1) is 0 Å². The number of nitrogens with one attached hydrogen (secondary N) is 2. The molecule has 112 valence electrons. The number of aryl methyl sites for hydroxylation is 1. The Morgan fingerprint density at radius 2 is 2.29 bits per heavy atom. The fraction of sp³-hybridized carbons (Fsp3) is 0.300. The van der Waals surface area contributed by atoms with Crippen molar-refractivity contribution >= 4 is 43.6 Å². The van der Waals surface area contributed by atoms with Gasteiger partial charge in [0.25, 0.3) is 5.91 Å². The van der Waals surface area contributed by atoms with E-state index in [1.165, 1.54) is 10.7 Å². The van der Waals surface area contributed by atoms with Gasteiger partial charge < -0.3 is 15.4 Å². The Labute approximate surface area is 135 Å². The van der Waals surface area contributed by atoms with Crippen molar-refractivity contribution in [3.63, 3.8) is 0 Å². The minimum absolute atomic E-state index is 0.210. The van der Waals surface area contributed by atoms with Gasteiger partial charge in [0.1, 0.15) is 4.60 Å². The number of amides is 1. The molecule has 2 heterocycles. The van der Waals surface area contributed by atoms with Crippen LogP contribution in [-0.2, 0) is 6.54 Å². The normalized spacial score (nSPS) is 10.6. The molecule has 9 nitrogen and oxygen atoms in total. The first-order valence-electron chi connectivity index (χ1n) is 5.76. The number of hydrogen-bond acceptors (Lipinski definition) is 5. The summed E-state index contributed by atoms with van der Waals surface area (Å²) < 4.78 is 2.57. The highest BCUT2D eigenvalue weighted by atomic mass is 79.9. The molecule has 0 saturated heterocycles. The quantitative estimate of drug-likeness (QED) is 0.563. The van der Waals surface area contributed by atoms with Crippen LogP contribution in [0.15, 0.2) is 15.1 Å². The molecule has 21 heavy (non-hydrogen) atoms. The Bertz CT molecular complexity index is 695. The Hall–Kier alpha value is -1.75. The van der Waals surface area contributed by atoms with E-state index in [1.807, 2.05) is 0 Å². The van der Waals surface area contributed by atoms with Crippen molar-refractivity contribution in [1.29, 1.82) is 0 Å². The van der Waals surface area contributed by atoms with Crippen molar-refractivity contribution in [3.05, 3.63) is 36.6 Å². The lowest BCUT2D eigenvalue weighted by atomic mass is 10.4. The summed E-state index contributed by atoms with van der Waals surface area (Å²) in [7, 11) is 0. The first-order valence-corrected chi connectivity index (χ1v) is 7.35. The van der Waals surface area contributed by atoms with Crippen LogP contribution in [0.2, 0.25) is 0 Å². The zero-order chi connectivity index (χ0) is 15.6. The molecular formula is C10H10Br2N6O3. The molecule has 0 bridgehead atoms. The lowest BCUT2D eigenvalue weighted by Crippen LogP contribution is -2.28. The molecule has 2 aromatic heterocycles. The van der Waals surface area contributed by atoms with E-state index < -0.39 is 4.92 Å². The molecule has 0 aliphatic heterocycles. The molecule has 0 fully saturated rings. The molecule has 0 unspecified atom stereocenters. The number of aromatic nitrogens is 4. The van der Waals surface area contributed by atoms with Gasteiger partial charge in [-0.3, -0.25) is 9.89 Å². The summed E-state index contributed by atoms with van der Waals surface area (Å²) in [6.45, 7) is 2.31. The second-order valence-electron chi connectivity index (χ2n) is 4.08. The van der Waals surface area contributed by atoms with E-state index in [-0.39, 0.29) is 24.0 Å². The smallest absolute Gasteiger partial charge is 0.358 e. The number of carbonyl (C=O) groups is 1. The van der Waals surface area contributed by atoms with Gasteiger partial charge in [0.2, 0.25) is 0 Å². The van der Waals surface area contributed by atoms with Crippen LogP contribution in [-0.4, -0.2) is 37.4 Å². The monoisotopic (exact) mass is 420 g/mol. The molecule has 1 amide bonds. The van der Waals surface area contributed by atoms with E-state index in [2.05, 4.69) is 52.5 Å². The number of aromatic amines is 1. The predicted molar refractivity (Wildman–Crippen MR) is 79.9 cm³/mol. The maximum Gasteiger partial charge on any atom is 0.390 e. The van der Waals surface area contributed by atoms with Gasteiger partial charge in [-0.05, 0) is 43.7 Å². The average molecular weight is 422 g/mol. The zero-order valence-corrected chi connectivity index (χ0v) is 13.9. The molecule has 0 aliphatic carbocycles. The predicted octanol–water partition coefficient (Wildman–Crippen LogP) is 1.78. The van der Waals surface area contributed by atoms with Crippen molar-refractivity contribution in [2.24, 2.45) is 0 Å². The summed E-state index contributed by atoms with van der Waals surface area (Å²) >= 11 is 6.42. The SMILES string of the molecule is Cc1cc([N+](=O)[O-])nn1CCNC(=O)c1n[nH]c(Br)c1Br. The minimum atomic E-state index is -0.555. The maximum absolute atomic E-state index is 11.9. The molecule has 2 aromatic rings. The molecular weight excluding hydrogens is 412 g/mol. The summed E-state index contributed by atoms with van der Waals surface area (Å²) in [6, 6.07) is 1.38. The van der Waals surface area contributed by atoms with Crippen LogP contribution >= 0.6 is 31.9 Å². The number of rotatable bonds is 5. The second-order valence-corrected chi connectivity index (χ2v) is 5.67. The first kappa shape index (κ1) is 15.6. The summed E-state index contributed by atoms with van der Waals surface area (Å²) in [5.74, 6) is -0.569. The Morgan fingerprint density at radius 1 is 1.57 bits per heavy atom. The summed E-state index contributed by atoms with van der Waals surface area (Å²) in [5, 5.41) is 23.6. The number of halogens is 2. The van der Waals surface area contributed by atoms with Crippen LogP contribution in [0.4, 0.5) is 5.82 Å². The molecule has 0 spiro atoms. The molecule has 11 heteroatoms. The lowest BCUT2D eigenvalue weighted by molar-refractivity contribution is -0.389. The number of nitro groups is 1. The van der Waals surface area contributed by atoms with Crippen molar-refractivity contribution in [2.75, 3.05) is 6.54 Å². The molecule has 0 atom stereocenters. The van der Waals surface area contributed by atoms with Crippen LogP contribution in [0.1, 0.15) is 16.2 Å². The first-order chi connectivity index (χ1) is 9.90. The van der Waals surface area contributed by atoms with Gasteiger partial charge in [-0.2, -0.15) is 9.78 Å². The third kappa shape index (κ3) is 3.47. The standard InChI is InChI=1S/C10H10Br2N6O3/c1-5-4-6(18(20)21)16-17(5)3-2-13-10(19)8-7(11)9(12)15-14-8/h4H,2-3H2,1H3,(H,13,19)(H,14,15). The molecule has 2 N–H and O–H groups in total.